The number of rotatable bonds is 3. The van der Waals surface area contributed by atoms with Gasteiger partial charge in [0.2, 0.25) is 0 Å². The molecule has 0 aliphatic heterocycles. The lowest BCUT2D eigenvalue weighted by Gasteiger charge is -2.13. The van der Waals surface area contributed by atoms with Crippen molar-refractivity contribution in [3.05, 3.63) is 35.1 Å². The van der Waals surface area contributed by atoms with E-state index in [4.69, 9.17) is 4.74 Å². The summed E-state index contributed by atoms with van der Waals surface area (Å²) in [5, 5.41) is 0. The van der Waals surface area contributed by atoms with Crippen molar-refractivity contribution in [2.75, 3.05) is 7.11 Å². The molecule has 76 valence electrons. The first-order valence-electron chi connectivity index (χ1n) is 4.39. The minimum Gasteiger partial charge on any atom is -0.377 e. The van der Waals surface area contributed by atoms with Crippen molar-refractivity contribution in [1.82, 2.24) is 0 Å². The van der Waals surface area contributed by atoms with E-state index in [1.54, 1.807) is 6.92 Å². The lowest BCUT2D eigenvalue weighted by Crippen LogP contribution is -2.05. The van der Waals surface area contributed by atoms with Crippen LogP contribution in [0.5, 0.6) is 0 Å². The Morgan fingerprint density at radius 1 is 1.50 bits per heavy atom. The van der Waals surface area contributed by atoms with Gasteiger partial charge >= 0.3 is 0 Å². The van der Waals surface area contributed by atoms with Gasteiger partial charge in [0.1, 0.15) is 5.82 Å². The Balaban J connectivity index is 3.22. The highest BCUT2D eigenvalue weighted by molar-refractivity contribution is 5.95. The number of hydrogen-bond acceptors (Lipinski definition) is 2. The normalized spacial score (nSPS) is 12.6. The van der Waals surface area contributed by atoms with Gasteiger partial charge in [-0.3, -0.25) is 4.79 Å². The van der Waals surface area contributed by atoms with Gasteiger partial charge in [-0.15, -0.1) is 0 Å². The van der Waals surface area contributed by atoms with Crippen LogP contribution in [0.1, 0.15) is 35.9 Å². The molecule has 1 rings (SSSR count). The van der Waals surface area contributed by atoms with Gasteiger partial charge < -0.3 is 4.74 Å². The van der Waals surface area contributed by atoms with Gasteiger partial charge in [0, 0.05) is 12.7 Å². The van der Waals surface area contributed by atoms with Crippen LogP contribution < -0.4 is 0 Å². The van der Waals surface area contributed by atoms with E-state index in [-0.39, 0.29) is 17.7 Å². The Bertz CT molecular complexity index is 347. The molecule has 0 spiro atoms. The van der Waals surface area contributed by atoms with Crippen LogP contribution in [0.3, 0.4) is 0 Å². The topological polar surface area (TPSA) is 26.3 Å². The number of methoxy groups -OCH3 is 1. The van der Waals surface area contributed by atoms with Gasteiger partial charge in [0.05, 0.1) is 6.10 Å². The van der Waals surface area contributed by atoms with Crippen molar-refractivity contribution in [3.8, 4) is 0 Å². The van der Waals surface area contributed by atoms with Gasteiger partial charge in [0.15, 0.2) is 5.78 Å². The van der Waals surface area contributed by atoms with Gasteiger partial charge in [-0.25, -0.2) is 4.39 Å². The molecule has 0 aliphatic carbocycles. The van der Waals surface area contributed by atoms with Crippen molar-refractivity contribution >= 4 is 5.78 Å². The lowest BCUT2D eigenvalue weighted by molar-refractivity contribution is 0.0988. The maximum atomic E-state index is 12.9. The quantitative estimate of drug-likeness (QED) is 0.695. The number of carbonyl (C=O) groups excluding carboxylic acids is 1. The Morgan fingerprint density at radius 2 is 2.14 bits per heavy atom. The predicted octanol–water partition coefficient (Wildman–Crippen LogP) is 2.74. The lowest BCUT2D eigenvalue weighted by atomic mass is 10.0. The van der Waals surface area contributed by atoms with E-state index < -0.39 is 0 Å². The molecular weight excluding hydrogens is 183 g/mol. The highest BCUT2D eigenvalue weighted by Crippen LogP contribution is 2.21. The zero-order valence-corrected chi connectivity index (χ0v) is 8.50. The average molecular weight is 196 g/mol. The van der Waals surface area contributed by atoms with Crippen LogP contribution in [-0.4, -0.2) is 12.9 Å². The third-order valence-corrected chi connectivity index (χ3v) is 2.18. The summed E-state index contributed by atoms with van der Waals surface area (Å²) in [6, 6.07) is 4.11. The Kier molecular flexibility index (Phi) is 3.36. The fourth-order valence-corrected chi connectivity index (χ4v) is 1.32. The van der Waals surface area contributed by atoms with E-state index in [0.717, 1.165) is 0 Å². The number of halogens is 1. The molecule has 14 heavy (non-hydrogen) atoms. The summed E-state index contributed by atoms with van der Waals surface area (Å²) in [5.41, 5.74) is 1.11. The monoisotopic (exact) mass is 196 g/mol. The third kappa shape index (κ3) is 2.17. The summed E-state index contributed by atoms with van der Waals surface area (Å²) in [5.74, 6) is -0.433. The fourth-order valence-electron chi connectivity index (χ4n) is 1.32. The average Bonchev–Trinajstić information content (AvgIpc) is 2.16. The van der Waals surface area contributed by atoms with Crippen molar-refractivity contribution in [3.63, 3.8) is 0 Å². The molecule has 0 N–H and O–H groups in total. The van der Waals surface area contributed by atoms with E-state index in [2.05, 4.69) is 0 Å². The van der Waals surface area contributed by atoms with Crippen molar-refractivity contribution in [1.29, 1.82) is 0 Å². The van der Waals surface area contributed by atoms with Gasteiger partial charge in [-0.1, -0.05) is 0 Å². The largest absolute Gasteiger partial charge is 0.377 e. The zero-order chi connectivity index (χ0) is 10.7. The SMILES string of the molecule is COC(C)c1cc(F)ccc1C(C)=O. The summed E-state index contributed by atoms with van der Waals surface area (Å²) in [4.78, 5) is 11.2. The molecule has 0 bridgehead atoms. The Labute approximate surface area is 82.7 Å². The summed E-state index contributed by atoms with van der Waals surface area (Å²) in [6.45, 7) is 3.24. The maximum Gasteiger partial charge on any atom is 0.160 e. The highest BCUT2D eigenvalue weighted by Gasteiger charge is 2.13. The molecule has 1 atom stereocenters. The third-order valence-electron chi connectivity index (χ3n) is 2.18. The molecule has 0 aliphatic rings. The molecule has 1 aromatic rings. The maximum absolute atomic E-state index is 12.9. The summed E-state index contributed by atoms with van der Waals surface area (Å²) < 4.78 is 18.0. The van der Waals surface area contributed by atoms with Crippen LogP contribution in [0, 0.1) is 5.82 Å². The molecule has 1 aromatic carbocycles. The summed E-state index contributed by atoms with van der Waals surface area (Å²) >= 11 is 0. The standard InChI is InChI=1S/C11H13FO2/c1-7(13)10-5-4-9(12)6-11(10)8(2)14-3/h4-6,8H,1-3H3. The predicted molar refractivity (Wildman–Crippen MR) is 51.8 cm³/mol. The Morgan fingerprint density at radius 3 is 2.64 bits per heavy atom. The molecule has 3 heteroatoms. The van der Waals surface area contributed by atoms with Crippen molar-refractivity contribution in [2.24, 2.45) is 0 Å². The summed E-state index contributed by atoms with van der Waals surface area (Å²) in [6.07, 6.45) is -0.274. The van der Waals surface area contributed by atoms with Crippen LogP contribution in [-0.2, 0) is 4.74 Å². The number of ether oxygens (including phenoxy) is 1. The van der Waals surface area contributed by atoms with Crippen LogP contribution in [0.25, 0.3) is 0 Å². The molecular formula is C11H13FO2. The van der Waals surface area contributed by atoms with Crippen LogP contribution in [0.4, 0.5) is 4.39 Å². The Hall–Kier alpha value is -1.22. The van der Waals surface area contributed by atoms with E-state index in [9.17, 15) is 9.18 Å². The second-order valence-electron chi connectivity index (χ2n) is 3.17. The van der Waals surface area contributed by atoms with Crippen molar-refractivity contribution in [2.45, 2.75) is 20.0 Å². The van der Waals surface area contributed by atoms with E-state index >= 15 is 0 Å². The molecule has 0 amide bonds. The second-order valence-corrected chi connectivity index (χ2v) is 3.17. The number of hydrogen-bond donors (Lipinski definition) is 0. The second kappa shape index (κ2) is 4.33. The van der Waals surface area contributed by atoms with Gasteiger partial charge in [-0.05, 0) is 37.6 Å². The molecule has 0 saturated carbocycles. The fraction of sp³-hybridized carbons (Fsp3) is 0.364. The first-order chi connectivity index (χ1) is 6.56. The minimum absolute atomic E-state index is 0.0797. The molecule has 0 fully saturated rings. The molecule has 0 radical (unpaired) electrons. The first kappa shape index (κ1) is 10.9. The summed E-state index contributed by atoms with van der Waals surface area (Å²) in [7, 11) is 1.53. The number of Topliss-reactive ketones (excluding diaryl/α,β-unsaturated/α-hetero) is 1. The molecule has 1 unspecified atom stereocenters. The first-order valence-corrected chi connectivity index (χ1v) is 4.39. The zero-order valence-electron chi connectivity index (χ0n) is 8.50. The molecule has 0 heterocycles. The molecule has 0 saturated heterocycles. The van der Waals surface area contributed by atoms with Gasteiger partial charge in [-0.2, -0.15) is 0 Å². The van der Waals surface area contributed by atoms with Crippen LogP contribution in [0.15, 0.2) is 18.2 Å². The molecule has 0 aromatic heterocycles. The van der Waals surface area contributed by atoms with Crippen LogP contribution >= 0.6 is 0 Å². The van der Waals surface area contributed by atoms with Crippen molar-refractivity contribution < 1.29 is 13.9 Å². The minimum atomic E-state index is -0.353. The van der Waals surface area contributed by atoms with Gasteiger partial charge in [0.25, 0.3) is 0 Å². The van der Waals surface area contributed by atoms with Crippen LogP contribution in [0.2, 0.25) is 0 Å². The number of carbonyl (C=O) groups is 1. The molecule has 2 nitrogen and oxygen atoms in total. The number of ketones is 1. The smallest absolute Gasteiger partial charge is 0.160 e. The van der Waals surface area contributed by atoms with E-state index in [0.29, 0.717) is 11.1 Å². The highest BCUT2D eigenvalue weighted by atomic mass is 19.1. The van der Waals surface area contributed by atoms with E-state index in [1.165, 1.54) is 32.2 Å². The number of benzene rings is 1. The van der Waals surface area contributed by atoms with E-state index in [1.807, 2.05) is 0 Å².